The number of amides is 3. The molecule has 73 heavy (non-hydrogen) atoms. The molecule has 1 N–H and O–H groups in total. The molecule has 4 aliphatic rings. The Hall–Kier alpha value is -7.14. The van der Waals surface area contributed by atoms with E-state index in [0.29, 0.717) is 72.5 Å². The summed E-state index contributed by atoms with van der Waals surface area (Å²) in [5, 5.41) is 20.3. The first-order chi connectivity index (χ1) is 35.4. The van der Waals surface area contributed by atoms with Crippen molar-refractivity contribution in [3.05, 3.63) is 153 Å². The first kappa shape index (κ1) is 49.4. The number of likely N-dealkylation sites (tertiary alicyclic amines) is 1. The molecule has 0 saturated carbocycles. The van der Waals surface area contributed by atoms with Crippen molar-refractivity contribution in [1.82, 2.24) is 23.8 Å². The van der Waals surface area contributed by atoms with Crippen molar-refractivity contribution in [2.24, 2.45) is 20.0 Å². The van der Waals surface area contributed by atoms with Crippen molar-refractivity contribution in [2.45, 2.75) is 90.8 Å². The average molecular weight is 982 g/mol. The van der Waals surface area contributed by atoms with Gasteiger partial charge in [-0.1, -0.05) is 42.8 Å². The lowest BCUT2D eigenvalue weighted by Crippen LogP contribution is -2.51. The second-order valence-electron chi connectivity index (χ2n) is 20.6. The van der Waals surface area contributed by atoms with Crippen LogP contribution in [-0.2, 0) is 56.0 Å². The number of hydrogen-bond donors (Lipinski definition) is 1. The lowest BCUT2D eigenvalue weighted by molar-refractivity contribution is -0.131. The summed E-state index contributed by atoms with van der Waals surface area (Å²) >= 11 is 0. The van der Waals surface area contributed by atoms with E-state index in [0.717, 1.165) is 116 Å². The van der Waals surface area contributed by atoms with Gasteiger partial charge in [-0.05, 0) is 166 Å². The summed E-state index contributed by atoms with van der Waals surface area (Å²) in [5.74, 6) is 1.14. The van der Waals surface area contributed by atoms with Gasteiger partial charge in [0.2, 0.25) is 5.91 Å². The van der Waals surface area contributed by atoms with Gasteiger partial charge >= 0.3 is 0 Å². The van der Waals surface area contributed by atoms with Gasteiger partial charge in [-0.2, -0.15) is 5.26 Å². The molecule has 378 valence electrons. The van der Waals surface area contributed by atoms with Gasteiger partial charge < -0.3 is 38.4 Å². The lowest BCUT2D eigenvalue weighted by Gasteiger charge is -2.41. The van der Waals surface area contributed by atoms with E-state index in [4.69, 9.17) is 9.47 Å². The van der Waals surface area contributed by atoms with E-state index >= 15 is 9.59 Å². The molecule has 4 aromatic carbocycles. The van der Waals surface area contributed by atoms with E-state index < -0.39 is 0 Å². The molecule has 1 atom stereocenters. The van der Waals surface area contributed by atoms with Gasteiger partial charge in [0.1, 0.15) is 23.3 Å². The number of piperidine rings is 1. The lowest BCUT2D eigenvalue weighted by atomic mass is 9.89. The number of aromatic hydroxyl groups is 1. The largest absolute Gasteiger partial charge is 0.508 e. The third-order valence-electron chi connectivity index (χ3n) is 16.1. The van der Waals surface area contributed by atoms with Crippen molar-refractivity contribution in [3.8, 4) is 28.8 Å². The van der Waals surface area contributed by atoms with Crippen LogP contribution < -0.4 is 9.64 Å². The smallest absolute Gasteiger partial charge is 0.264 e. The average Bonchev–Trinajstić information content (AvgIpc) is 3.88. The number of carbonyl (C=O) groups excluding carboxylic acids is 3. The van der Waals surface area contributed by atoms with Crippen LogP contribution in [0.3, 0.4) is 0 Å². The number of phenols is 1. The topological polar surface area (TPSA) is 137 Å². The summed E-state index contributed by atoms with van der Waals surface area (Å²) in [4.78, 5) is 53.3. The Morgan fingerprint density at radius 2 is 1.53 bits per heavy atom. The van der Waals surface area contributed by atoms with Gasteiger partial charge in [0.15, 0.2) is 0 Å². The zero-order valence-electron chi connectivity index (χ0n) is 42.7. The molecule has 13 nitrogen and oxygen atoms in total. The summed E-state index contributed by atoms with van der Waals surface area (Å²) < 4.78 is 15.4. The van der Waals surface area contributed by atoms with E-state index in [1.54, 1.807) is 46.8 Å². The minimum absolute atomic E-state index is 0.0277. The molecule has 0 aliphatic carbocycles. The van der Waals surface area contributed by atoms with Crippen LogP contribution in [0.2, 0.25) is 0 Å². The fourth-order valence-electron chi connectivity index (χ4n) is 11.4. The van der Waals surface area contributed by atoms with Gasteiger partial charge in [-0.15, -0.1) is 0 Å². The molecule has 2 fully saturated rings. The molecule has 2 saturated heterocycles. The second kappa shape index (κ2) is 21.5. The predicted octanol–water partition coefficient (Wildman–Crippen LogP) is 9.58. The highest BCUT2D eigenvalue weighted by molar-refractivity contribution is 6.13. The molecule has 6 heterocycles. The van der Waals surface area contributed by atoms with Crippen LogP contribution in [0.5, 0.6) is 11.5 Å². The Morgan fingerprint density at radius 1 is 0.795 bits per heavy atom. The molecule has 3 amide bonds. The second-order valence-corrected chi connectivity index (χ2v) is 20.6. The van der Waals surface area contributed by atoms with Gasteiger partial charge in [-0.25, -0.2) is 0 Å². The third-order valence-corrected chi connectivity index (χ3v) is 16.1. The summed E-state index contributed by atoms with van der Waals surface area (Å²) in [6.45, 7) is 10.3. The van der Waals surface area contributed by atoms with E-state index in [-0.39, 0.29) is 35.9 Å². The predicted molar refractivity (Wildman–Crippen MR) is 282 cm³/mol. The van der Waals surface area contributed by atoms with Crippen LogP contribution in [0.4, 0.5) is 11.4 Å². The molecular weight excluding hydrogens is 915 g/mol. The standard InChI is InChI=1S/C60H67N7O6/c1-40-53(60(71)67(48-14-16-51(68)17-15-48)56-34-49(36-61)62(3)41(56)2)35-57(63(40)4)54-32-45-20-26-65(58(69)30-43-12-18-52(19-13-43)73-29-23-42-21-27-72-28-22-42)37-47(45)33-55(54)59(70)66-38-46-11-7-6-10-44(46)31-50(66)39-64-24-8-5-9-25-64/h6-7,10-19,32-35,42,50,68H,5,8-9,20-31,37-39H2,1-4H3/t50-/m0/s1. The van der Waals surface area contributed by atoms with Crippen molar-refractivity contribution in [1.29, 1.82) is 5.26 Å². The number of ether oxygens (including phenoxy) is 2. The molecule has 0 bridgehead atoms. The van der Waals surface area contributed by atoms with E-state index in [1.165, 1.54) is 12.0 Å². The van der Waals surface area contributed by atoms with Crippen LogP contribution >= 0.6 is 0 Å². The van der Waals surface area contributed by atoms with Gasteiger partial charge in [-0.3, -0.25) is 19.3 Å². The third kappa shape index (κ3) is 10.4. The highest BCUT2D eigenvalue weighted by atomic mass is 16.5. The van der Waals surface area contributed by atoms with E-state index in [1.807, 2.05) is 72.8 Å². The Balaban J connectivity index is 0.986. The molecule has 0 unspecified atom stereocenters. The first-order valence-corrected chi connectivity index (χ1v) is 26.1. The molecule has 10 rings (SSSR count). The van der Waals surface area contributed by atoms with Crippen LogP contribution in [0.1, 0.15) is 104 Å². The molecular formula is C60H67N7O6. The molecule has 0 radical (unpaired) electrons. The molecule has 13 heteroatoms. The quantitative estimate of drug-likeness (QED) is 0.121. The highest BCUT2D eigenvalue weighted by Crippen LogP contribution is 2.39. The SMILES string of the molecule is Cc1c(N(C(=O)c2cc(-c3cc4c(cc3C(=O)N3Cc5ccccc5C[C@H]3CN3CCCCC3)CN(C(=O)Cc3ccc(OCCC5CCOCC5)cc3)CC4)n(C)c2C)c2ccc(O)cc2)cc(C#N)n1C. The van der Waals surface area contributed by atoms with Crippen molar-refractivity contribution >= 4 is 29.1 Å². The van der Waals surface area contributed by atoms with Crippen LogP contribution in [0.25, 0.3) is 11.3 Å². The highest BCUT2D eigenvalue weighted by Gasteiger charge is 2.36. The molecule has 0 spiro atoms. The Kier molecular flexibility index (Phi) is 14.6. The molecule has 6 aromatic rings. The summed E-state index contributed by atoms with van der Waals surface area (Å²) in [6, 6.07) is 32.8. The van der Waals surface area contributed by atoms with Crippen LogP contribution in [0, 0.1) is 31.1 Å². The van der Waals surface area contributed by atoms with Crippen LogP contribution in [0.15, 0.2) is 97.1 Å². The summed E-state index contributed by atoms with van der Waals surface area (Å²) in [5.41, 5.74) is 10.7. The fraction of sp³-hybridized carbons (Fsp3) is 0.400. The Bertz CT molecular complexity index is 3040. The number of nitriles is 1. The number of nitrogens with zero attached hydrogens (tertiary/aromatic N) is 7. The molecule has 2 aromatic heterocycles. The summed E-state index contributed by atoms with van der Waals surface area (Å²) in [7, 11) is 3.74. The minimum Gasteiger partial charge on any atom is -0.508 e. The van der Waals surface area contributed by atoms with Gasteiger partial charge in [0, 0.05) is 93.4 Å². The van der Waals surface area contributed by atoms with Crippen molar-refractivity contribution in [2.75, 3.05) is 50.9 Å². The van der Waals surface area contributed by atoms with Gasteiger partial charge in [0.25, 0.3) is 11.8 Å². The normalized spacial score (nSPS) is 17.2. The van der Waals surface area contributed by atoms with E-state index in [9.17, 15) is 15.2 Å². The number of hydrogen-bond acceptors (Lipinski definition) is 8. The number of phenolic OH excluding ortho intramolecular Hbond substituents is 1. The van der Waals surface area contributed by atoms with E-state index in [2.05, 4.69) is 40.1 Å². The minimum atomic E-state index is -0.315. The number of carbonyl (C=O) groups is 3. The Labute approximate surface area is 429 Å². The van der Waals surface area contributed by atoms with Crippen LogP contribution in [-0.4, -0.2) is 98.7 Å². The summed E-state index contributed by atoms with van der Waals surface area (Å²) in [6.07, 6.45) is 8.32. The fourth-order valence-corrected chi connectivity index (χ4v) is 11.4. The number of fused-ring (bicyclic) bond motifs is 2. The number of anilines is 2. The molecule has 4 aliphatic heterocycles. The first-order valence-electron chi connectivity index (χ1n) is 26.1. The Morgan fingerprint density at radius 3 is 2.26 bits per heavy atom. The zero-order chi connectivity index (χ0) is 50.8. The monoisotopic (exact) mass is 982 g/mol. The number of rotatable bonds is 13. The maximum atomic E-state index is 15.8. The van der Waals surface area contributed by atoms with Crippen molar-refractivity contribution < 1.29 is 29.0 Å². The number of benzene rings is 4. The van der Waals surface area contributed by atoms with Crippen molar-refractivity contribution in [3.63, 3.8) is 0 Å². The van der Waals surface area contributed by atoms with Gasteiger partial charge in [0.05, 0.1) is 24.3 Å². The maximum Gasteiger partial charge on any atom is 0.264 e. The number of aromatic nitrogens is 2. The maximum absolute atomic E-state index is 15.8. The zero-order valence-corrected chi connectivity index (χ0v) is 42.7.